The molecule has 1 heterocycles. The van der Waals surface area contributed by atoms with E-state index in [0.717, 1.165) is 37.4 Å². The number of likely N-dealkylation sites (tertiary alicyclic amines) is 1. The molecule has 0 aliphatic carbocycles. The highest BCUT2D eigenvalue weighted by atomic mass is 16.6. The van der Waals surface area contributed by atoms with Crippen LogP contribution in [0.1, 0.15) is 57.4 Å². The summed E-state index contributed by atoms with van der Waals surface area (Å²) in [5.74, 6) is 0.801. The number of benzene rings is 1. The number of amides is 1. The second-order valence-corrected chi connectivity index (χ2v) is 6.32. The third-order valence-corrected chi connectivity index (χ3v) is 4.54. The minimum atomic E-state index is -0.159. The van der Waals surface area contributed by atoms with Crippen molar-refractivity contribution in [2.75, 3.05) is 13.1 Å². The van der Waals surface area contributed by atoms with Gasteiger partial charge in [-0.05, 0) is 24.3 Å². The zero-order valence-electron chi connectivity index (χ0n) is 13.8. The fourth-order valence-corrected chi connectivity index (χ4v) is 3.07. The van der Waals surface area contributed by atoms with Gasteiger partial charge in [-0.15, -0.1) is 0 Å². The third kappa shape index (κ3) is 5.70. The average Bonchev–Trinajstić information content (AvgIpc) is 2.58. The third-order valence-electron chi connectivity index (χ3n) is 4.54. The van der Waals surface area contributed by atoms with Gasteiger partial charge < -0.3 is 9.64 Å². The van der Waals surface area contributed by atoms with Gasteiger partial charge >= 0.3 is 6.09 Å². The van der Waals surface area contributed by atoms with Crippen LogP contribution in [0.5, 0.6) is 0 Å². The Morgan fingerprint density at radius 1 is 1.14 bits per heavy atom. The number of rotatable bonds is 7. The summed E-state index contributed by atoms with van der Waals surface area (Å²) >= 11 is 0. The maximum absolute atomic E-state index is 12.1. The molecule has 3 nitrogen and oxygen atoms in total. The van der Waals surface area contributed by atoms with E-state index in [0.29, 0.717) is 6.61 Å². The fraction of sp³-hybridized carbons (Fsp3) is 0.632. The quantitative estimate of drug-likeness (QED) is 0.663. The summed E-state index contributed by atoms with van der Waals surface area (Å²) in [6.07, 6.45) is 8.78. The number of hydrogen-bond donors (Lipinski definition) is 0. The zero-order valence-corrected chi connectivity index (χ0v) is 13.8. The summed E-state index contributed by atoms with van der Waals surface area (Å²) in [5.41, 5.74) is 1.04. The number of carbonyl (C=O) groups excluding carboxylic acids is 1. The normalized spacial score (nSPS) is 15.8. The van der Waals surface area contributed by atoms with Crippen molar-refractivity contribution in [3.8, 4) is 0 Å². The first-order chi connectivity index (χ1) is 10.8. The van der Waals surface area contributed by atoms with Crippen molar-refractivity contribution < 1.29 is 9.53 Å². The van der Waals surface area contributed by atoms with Crippen LogP contribution in [0.25, 0.3) is 0 Å². The van der Waals surface area contributed by atoms with E-state index < -0.39 is 0 Å². The van der Waals surface area contributed by atoms with Crippen LogP contribution in [-0.2, 0) is 11.3 Å². The van der Waals surface area contributed by atoms with Gasteiger partial charge in [-0.2, -0.15) is 0 Å². The SMILES string of the molecule is CCCCCCC1CCN(C(=O)OCc2ccccc2)CC1. The average molecular weight is 303 g/mol. The lowest BCUT2D eigenvalue weighted by Crippen LogP contribution is -2.38. The Morgan fingerprint density at radius 3 is 2.55 bits per heavy atom. The number of carbonyl (C=O) groups is 1. The highest BCUT2D eigenvalue weighted by Gasteiger charge is 2.23. The van der Waals surface area contributed by atoms with Crippen molar-refractivity contribution >= 4 is 6.09 Å². The number of unbranched alkanes of at least 4 members (excludes halogenated alkanes) is 3. The summed E-state index contributed by atoms with van der Waals surface area (Å²) in [5, 5.41) is 0. The van der Waals surface area contributed by atoms with Gasteiger partial charge in [0.1, 0.15) is 6.61 Å². The molecule has 0 N–H and O–H groups in total. The lowest BCUT2D eigenvalue weighted by molar-refractivity contribution is 0.0813. The molecule has 0 bridgehead atoms. The summed E-state index contributed by atoms with van der Waals surface area (Å²) < 4.78 is 5.40. The van der Waals surface area contributed by atoms with E-state index in [1.165, 1.54) is 32.1 Å². The van der Waals surface area contributed by atoms with Gasteiger partial charge in [0.05, 0.1) is 0 Å². The van der Waals surface area contributed by atoms with Crippen molar-refractivity contribution in [1.29, 1.82) is 0 Å². The lowest BCUT2D eigenvalue weighted by Gasteiger charge is -2.31. The molecular formula is C19H29NO2. The summed E-state index contributed by atoms with van der Waals surface area (Å²) in [6.45, 7) is 4.33. The lowest BCUT2D eigenvalue weighted by atomic mass is 9.91. The second kappa shape index (κ2) is 9.50. The van der Waals surface area contributed by atoms with Gasteiger partial charge in [0.2, 0.25) is 0 Å². The van der Waals surface area contributed by atoms with Crippen molar-refractivity contribution in [2.24, 2.45) is 5.92 Å². The molecule has 0 spiro atoms. The summed E-state index contributed by atoms with van der Waals surface area (Å²) in [4.78, 5) is 13.9. The van der Waals surface area contributed by atoms with E-state index in [-0.39, 0.29) is 6.09 Å². The maximum Gasteiger partial charge on any atom is 0.410 e. The molecule has 1 aliphatic heterocycles. The monoisotopic (exact) mass is 303 g/mol. The molecule has 122 valence electrons. The highest BCUT2D eigenvalue weighted by molar-refractivity contribution is 5.67. The molecule has 0 unspecified atom stereocenters. The van der Waals surface area contributed by atoms with Crippen molar-refractivity contribution in [1.82, 2.24) is 4.90 Å². The van der Waals surface area contributed by atoms with Crippen molar-refractivity contribution in [2.45, 2.75) is 58.5 Å². The molecule has 0 radical (unpaired) electrons. The molecule has 1 aromatic carbocycles. The Bertz CT molecular complexity index is 424. The number of hydrogen-bond acceptors (Lipinski definition) is 2. The zero-order chi connectivity index (χ0) is 15.6. The van der Waals surface area contributed by atoms with Crippen LogP contribution in [0.2, 0.25) is 0 Å². The van der Waals surface area contributed by atoms with E-state index in [1.807, 2.05) is 35.2 Å². The second-order valence-electron chi connectivity index (χ2n) is 6.32. The molecular weight excluding hydrogens is 274 g/mol. The van der Waals surface area contributed by atoms with Gasteiger partial charge in [-0.3, -0.25) is 0 Å². The van der Waals surface area contributed by atoms with Gasteiger partial charge in [-0.1, -0.05) is 69.4 Å². The highest BCUT2D eigenvalue weighted by Crippen LogP contribution is 2.23. The summed E-state index contributed by atoms with van der Waals surface area (Å²) in [6, 6.07) is 9.86. The molecule has 1 saturated heterocycles. The Hall–Kier alpha value is -1.51. The molecule has 1 amide bonds. The molecule has 0 atom stereocenters. The fourth-order valence-electron chi connectivity index (χ4n) is 3.07. The Labute approximate surface area is 134 Å². The van der Waals surface area contributed by atoms with Crippen molar-refractivity contribution in [3.63, 3.8) is 0 Å². The minimum absolute atomic E-state index is 0.159. The minimum Gasteiger partial charge on any atom is -0.445 e. The molecule has 1 aromatic rings. The molecule has 1 fully saturated rings. The maximum atomic E-state index is 12.1. The van der Waals surface area contributed by atoms with Crippen molar-refractivity contribution in [3.05, 3.63) is 35.9 Å². The predicted octanol–water partition coefficient (Wildman–Crippen LogP) is 5.01. The van der Waals surface area contributed by atoms with Crippen LogP contribution in [0.15, 0.2) is 30.3 Å². The number of piperidine rings is 1. The summed E-state index contributed by atoms with van der Waals surface area (Å²) in [7, 11) is 0. The van der Waals surface area contributed by atoms with Gasteiger partial charge in [0.15, 0.2) is 0 Å². The first kappa shape index (κ1) is 16.9. The molecule has 0 saturated carbocycles. The smallest absolute Gasteiger partial charge is 0.410 e. The van der Waals surface area contributed by atoms with Crippen LogP contribution >= 0.6 is 0 Å². The van der Waals surface area contributed by atoms with Crippen LogP contribution < -0.4 is 0 Å². The number of ether oxygens (including phenoxy) is 1. The van der Waals surface area contributed by atoms with E-state index >= 15 is 0 Å². The largest absolute Gasteiger partial charge is 0.445 e. The standard InChI is InChI=1S/C19H29NO2/c1-2-3-4-6-9-17-12-14-20(15-13-17)19(21)22-16-18-10-7-5-8-11-18/h5,7-8,10-11,17H,2-4,6,9,12-16H2,1H3. The molecule has 22 heavy (non-hydrogen) atoms. The first-order valence-corrected chi connectivity index (χ1v) is 8.75. The number of nitrogens with zero attached hydrogens (tertiary/aromatic N) is 1. The van der Waals surface area contributed by atoms with Gasteiger partial charge in [-0.25, -0.2) is 4.79 Å². The van der Waals surface area contributed by atoms with E-state index in [4.69, 9.17) is 4.74 Å². The molecule has 1 aliphatic rings. The molecule has 3 heteroatoms. The van der Waals surface area contributed by atoms with E-state index in [1.54, 1.807) is 0 Å². The van der Waals surface area contributed by atoms with Gasteiger partial charge in [0, 0.05) is 13.1 Å². The van der Waals surface area contributed by atoms with Crippen LogP contribution in [0.4, 0.5) is 4.79 Å². The first-order valence-electron chi connectivity index (χ1n) is 8.75. The van der Waals surface area contributed by atoms with Crippen LogP contribution in [-0.4, -0.2) is 24.1 Å². The van der Waals surface area contributed by atoms with E-state index in [2.05, 4.69) is 6.92 Å². The predicted molar refractivity (Wildman–Crippen MR) is 89.7 cm³/mol. The van der Waals surface area contributed by atoms with Crippen LogP contribution in [0, 0.1) is 5.92 Å². The Balaban J connectivity index is 1.62. The Kier molecular flexibility index (Phi) is 7.27. The molecule has 2 rings (SSSR count). The topological polar surface area (TPSA) is 29.5 Å². The molecule has 0 aromatic heterocycles. The van der Waals surface area contributed by atoms with E-state index in [9.17, 15) is 4.79 Å². The van der Waals surface area contributed by atoms with Crippen LogP contribution in [0.3, 0.4) is 0 Å². The Morgan fingerprint density at radius 2 is 1.86 bits per heavy atom. The van der Waals surface area contributed by atoms with Gasteiger partial charge in [0.25, 0.3) is 0 Å².